The molecule has 0 aliphatic carbocycles. The second kappa shape index (κ2) is 7.52. The molecular formula is C15H26N2O. The van der Waals surface area contributed by atoms with Crippen LogP contribution >= 0.6 is 0 Å². The fourth-order valence-electron chi connectivity index (χ4n) is 1.78. The van der Waals surface area contributed by atoms with E-state index in [1.165, 1.54) is 5.56 Å². The first-order chi connectivity index (χ1) is 8.51. The minimum absolute atomic E-state index is 0.0683. The summed E-state index contributed by atoms with van der Waals surface area (Å²) < 4.78 is 5.76. The Labute approximate surface area is 111 Å². The number of hydrogen-bond acceptors (Lipinski definition) is 3. The topological polar surface area (TPSA) is 38.5 Å². The monoisotopic (exact) mass is 250 g/mol. The van der Waals surface area contributed by atoms with Gasteiger partial charge in [0.05, 0.1) is 12.2 Å². The molecule has 18 heavy (non-hydrogen) atoms. The number of rotatable bonds is 7. The van der Waals surface area contributed by atoms with Crippen LogP contribution in [-0.2, 0) is 11.3 Å². The van der Waals surface area contributed by atoms with Crippen LogP contribution in [0.15, 0.2) is 30.3 Å². The zero-order chi connectivity index (χ0) is 13.4. The van der Waals surface area contributed by atoms with Crippen LogP contribution in [0.4, 0.5) is 0 Å². The van der Waals surface area contributed by atoms with E-state index in [4.69, 9.17) is 10.5 Å². The van der Waals surface area contributed by atoms with Crippen molar-refractivity contribution in [2.24, 2.45) is 5.73 Å². The quantitative estimate of drug-likeness (QED) is 0.806. The van der Waals surface area contributed by atoms with Crippen molar-refractivity contribution in [3.05, 3.63) is 35.9 Å². The SMILES string of the molecule is CC(C)(C)OCCN(CCN)Cc1ccccc1. The van der Waals surface area contributed by atoms with Crippen molar-refractivity contribution in [3.63, 3.8) is 0 Å². The van der Waals surface area contributed by atoms with Crippen LogP contribution in [0.2, 0.25) is 0 Å². The Morgan fingerprint density at radius 1 is 1.11 bits per heavy atom. The Balaban J connectivity index is 2.40. The molecule has 0 bridgehead atoms. The van der Waals surface area contributed by atoms with Crippen molar-refractivity contribution in [2.75, 3.05) is 26.2 Å². The van der Waals surface area contributed by atoms with E-state index in [1.807, 2.05) is 6.07 Å². The van der Waals surface area contributed by atoms with Crippen molar-refractivity contribution >= 4 is 0 Å². The van der Waals surface area contributed by atoms with E-state index in [9.17, 15) is 0 Å². The first-order valence-electron chi connectivity index (χ1n) is 6.61. The van der Waals surface area contributed by atoms with Crippen molar-refractivity contribution in [1.82, 2.24) is 4.90 Å². The Hall–Kier alpha value is -0.900. The highest BCUT2D eigenvalue weighted by atomic mass is 16.5. The third-order valence-electron chi connectivity index (χ3n) is 2.64. The maximum Gasteiger partial charge on any atom is 0.0600 e. The molecule has 0 atom stereocenters. The average molecular weight is 250 g/mol. The molecular weight excluding hydrogens is 224 g/mol. The Morgan fingerprint density at radius 3 is 2.33 bits per heavy atom. The summed E-state index contributed by atoms with van der Waals surface area (Å²) in [6, 6.07) is 10.5. The molecule has 3 heteroatoms. The molecule has 0 unspecified atom stereocenters. The maximum absolute atomic E-state index is 5.76. The van der Waals surface area contributed by atoms with Gasteiger partial charge in [-0.2, -0.15) is 0 Å². The highest BCUT2D eigenvalue weighted by Gasteiger charge is 2.11. The summed E-state index contributed by atoms with van der Waals surface area (Å²) in [6.07, 6.45) is 0. The highest BCUT2D eigenvalue weighted by Crippen LogP contribution is 2.08. The van der Waals surface area contributed by atoms with Gasteiger partial charge in [-0.1, -0.05) is 30.3 Å². The van der Waals surface area contributed by atoms with Crippen molar-refractivity contribution in [3.8, 4) is 0 Å². The lowest BCUT2D eigenvalue weighted by Gasteiger charge is -2.25. The lowest BCUT2D eigenvalue weighted by Crippen LogP contribution is -2.34. The summed E-state index contributed by atoms with van der Waals surface area (Å²) in [4.78, 5) is 2.33. The van der Waals surface area contributed by atoms with Gasteiger partial charge in [0.25, 0.3) is 0 Å². The smallest absolute Gasteiger partial charge is 0.0600 e. The van der Waals surface area contributed by atoms with E-state index in [1.54, 1.807) is 0 Å². The summed E-state index contributed by atoms with van der Waals surface area (Å²) in [5.41, 5.74) is 6.91. The first-order valence-corrected chi connectivity index (χ1v) is 6.61. The van der Waals surface area contributed by atoms with E-state index in [0.29, 0.717) is 6.54 Å². The van der Waals surface area contributed by atoms with Gasteiger partial charge in [-0.25, -0.2) is 0 Å². The Bertz CT molecular complexity index is 319. The van der Waals surface area contributed by atoms with Gasteiger partial charge in [0.1, 0.15) is 0 Å². The molecule has 0 aliphatic rings. The maximum atomic E-state index is 5.76. The number of benzene rings is 1. The molecule has 2 N–H and O–H groups in total. The molecule has 0 saturated carbocycles. The fourth-order valence-corrected chi connectivity index (χ4v) is 1.78. The molecule has 0 radical (unpaired) electrons. The number of ether oxygens (including phenoxy) is 1. The summed E-state index contributed by atoms with van der Waals surface area (Å²) in [7, 11) is 0. The van der Waals surface area contributed by atoms with Gasteiger partial charge >= 0.3 is 0 Å². The van der Waals surface area contributed by atoms with E-state index >= 15 is 0 Å². The molecule has 1 aromatic rings. The molecule has 3 nitrogen and oxygen atoms in total. The number of nitrogens with zero attached hydrogens (tertiary/aromatic N) is 1. The molecule has 0 heterocycles. The molecule has 0 aromatic heterocycles. The zero-order valence-corrected chi connectivity index (χ0v) is 11.9. The molecule has 0 spiro atoms. The van der Waals surface area contributed by atoms with E-state index in [0.717, 1.165) is 26.2 Å². The van der Waals surface area contributed by atoms with Gasteiger partial charge in [0, 0.05) is 26.2 Å². The summed E-state index contributed by atoms with van der Waals surface area (Å²) in [6.45, 7) is 10.4. The third kappa shape index (κ3) is 6.74. The van der Waals surface area contributed by atoms with Crippen LogP contribution in [0.5, 0.6) is 0 Å². The minimum atomic E-state index is -0.0683. The van der Waals surface area contributed by atoms with Crippen LogP contribution in [-0.4, -0.2) is 36.7 Å². The second-order valence-electron chi connectivity index (χ2n) is 5.51. The fraction of sp³-hybridized carbons (Fsp3) is 0.600. The van der Waals surface area contributed by atoms with Crippen LogP contribution < -0.4 is 5.73 Å². The standard InChI is InChI=1S/C15H26N2O/c1-15(2,3)18-12-11-17(10-9-16)13-14-7-5-4-6-8-14/h4-8H,9-13,16H2,1-3H3. The van der Waals surface area contributed by atoms with Crippen LogP contribution in [0, 0.1) is 0 Å². The summed E-state index contributed by atoms with van der Waals surface area (Å²) >= 11 is 0. The molecule has 102 valence electrons. The van der Waals surface area contributed by atoms with Crippen molar-refractivity contribution in [1.29, 1.82) is 0 Å². The van der Waals surface area contributed by atoms with Crippen LogP contribution in [0.25, 0.3) is 0 Å². The second-order valence-corrected chi connectivity index (χ2v) is 5.51. The number of nitrogens with two attached hydrogens (primary N) is 1. The zero-order valence-electron chi connectivity index (χ0n) is 11.9. The minimum Gasteiger partial charge on any atom is -0.375 e. The third-order valence-corrected chi connectivity index (χ3v) is 2.64. The normalized spacial score (nSPS) is 12.1. The molecule has 0 saturated heterocycles. The van der Waals surface area contributed by atoms with E-state index in [2.05, 4.69) is 49.9 Å². The first kappa shape index (κ1) is 15.2. The van der Waals surface area contributed by atoms with E-state index in [-0.39, 0.29) is 5.60 Å². The Kier molecular flexibility index (Phi) is 6.33. The molecule has 0 fully saturated rings. The summed E-state index contributed by atoms with van der Waals surface area (Å²) in [5, 5.41) is 0. The summed E-state index contributed by atoms with van der Waals surface area (Å²) in [5.74, 6) is 0. The predicted molar refractivity (Wildman–Crippen MR) is 76.5 cm³/mol. The highest BCUT2D eigenvalue weighted by molar-refractivity contribution is 5.14. The number of hydrogen-bond donors (Lipinski definition) is 1. The van der Waals surface area contributed by atoms with E-state index < -0.39 is 0 Å². The van der Waals surface area contributed by atoms with Crippen LogP contribution in [0.1, 0.15) is 26.3 Å². The van der Waals surface area contributed by atoms with Crippen LogP contribution in [0.3, 0.4) is 0 Å². The van der Waals surface area contributed by atoms with Crippen molar-refractivity contribution < 1.29 is 4.74 Å². The van der Waals surface area contributed by atoms with Gasteiger partial charge in [0.15, 0.2) is 0 Å². The van der Waals surface area contributed by atoms with Gasteiger partial charge in [0.2, 0.25) is 0 Å². The van der Waals surface area contributed by atoms with Gasteiger partial charge in [-0.15, -0.1) is 0 Å². The predicted octanol–water partition coefficient (Wildman–Crippen LogP) is 2.26. The van der Waals surface area contributed by atoms with Gasteiger partial charge in [-0.3, -0.25) is 4.90 Å². The van der Waals surface area contributed by atoms with Crippen molar-refractivity contribution in [2.45, 2.75) is 32.9 Å². The molecule has 0 amide bonds. The van der Waals surface area contributed by atoms with Gasteiger partial charge in [-0.05, 0) is 26.3 Å². The molecule has 1 aromatic carbocycles. The molecule has 1 rings (SSSR count). The molecule has 0 aliphatic heterocycles. The Morgan fingerprint density at radius 2 is 1.78 bits per heavy atom. The lowest BCUT2D eigenvalue weighted by molar-refractivity contribution is -0.0136. The lowest BCUT2D eigenvalue weighted by atomic mass is 10.2. The van der Waals surface area contributed by atoms with Gasteiger partial charge < -0.3 is 10.5 Å². The average Bonchev–Trinajstić information content (AvgIpc) is 2.29. The largest absolute Gasteiger partial charge is 0.375 e.